The molecule has 2 aromatic rings. The van der Waals surface area contributed by atoms with Gasteiger partial charge < -0.3 is 14.2 Å². The highest BCUT2D eigenvalue weighted by molar-refractivity contribution is 5.79. The van der Waals surface area contributed by atoms with Gasteiger partial charge in [0.1, 0.15) is 29.7 Å². The molecule has 42 heavy (non-hydrogen) atoms. The van der Waals surface area contributed by atoms with Crippen molar-refractivity contribution in [3.8, 4) is 5.75 Å². The number of esters is 1. The third kappa shape index (κ3) is 7.69. The Bertz CT molecular complexity index is 1280. The van der Waals surface area contributed by atoms with Gasteiger partial charge in [0.25, 0.3) is 5.92 Å². The van der Waals surface area contributed by atoms with Crippen LogP contribution in [0.25, 0.3) is 5.57 Å². The lowest BCUT2D eigenvalue weighted by Crippen LogP contribution is -2.47. The fraction of sp³-hybridized carbons (Fsp3) is 0.531. The highest BCUT2D eigenvalue weighted by Crippen LogP contribution is 2.50. The Morgan fingerprint density at radius 3 is 2.38 bits per heavy atom. The normalized spacial score (nSPS) is 19.1. The Labute approximate surface area is 243 Å². The van der Waals surface area contributed by atoms with Gasteiger partial charge in [-0.15, -0.1) is 0 Å². The van der Waals surface area contributed by atoms with Gasteiger partial charge in [-0.05, 0) is 62.8 Å². The van der Waals surface area contributed by atoms with Crippen molar-refractivity contribution in [1.82, 2.24) is 4.90 Å². The minimum absolute atomic E-state index is 0.0261. The molecule has 0 bridgehead atoms. The second-order valence-electron chi connectivity index (χ2n) is 11.5. The summed E-state index contributed by atoms with van der Waals surface area (Å²) < 4.78 is 89.8. The summed E-state index contributed by atoms with van der Waals surface area (Å²) in [4.78, 5) is 13.1. The molecule has 0 spiro atoms. The predicted octanol–water partition coefficient (Wildman–Crippen LogP) is 7.23. The molecule has 1 heterocycles. The highest BCUT2D eigenvalue weighted by Gasteiger charge is 2.43. The summed E-state index contributed by atoms with van der Waals surface area (Å²) in [6.45, 7) is 5.30. The zero-order chi connectivity index (χ0) is 30.7. The van der Waals surface area contributed by atoms with Crippen LogP contribution in [0.15, 0.2) is 42.0 Å². The van der Waals surface area contributed by atoms with Crippen molar-refractivity contribution in [2.24, 2.45) is 0 Å². The standard InChI is InChI=1S/C32H38F5NO4/c1-5-41-28(39)18-40-12-10-32(36,37)11-13-42-22-16-26(33)29(27(34)17-22)30-25-15-21-8-6-7-9-23(21)24(25)14-20(2)38(30)19-31(3,4)35/h6-9,16-17,20,30H,5,10-15,18-19H2,1-4H3/t20-,30+/m1/s1. The molecule has 0 saturated carbocycles. The van der Waals surface area contributed by atoms with Gasteiger partial charge in [-0.25, -0.2) is 26.7 Å². The average Bonchev–Trinajstić information content (AvgIpc) is 3.25. The van der Waals surface area contributed by atoms with E-state index in [0.29, 0.717) is 12.8 Å². The molecule has 1 aliphatic carbocycles. The Hall–Kier alpha value is -2.98. The van der Waals surface area contributed by atoms with Crippen molar-refractivity contribution in [3.63, 3.8) is 0 Å². The van der Waals surface area contributed by atoms with Gasteiger partial charge in [0.05, 0.1) is 25.9 Å². The summed E-state index contributed by atoms with van der Waals surface area (Å²) in [7, 11) is 0. The second-order valence-corrected chi connectivity index (χ2v) is 11.5. The van der Waals surface area contributed by atoms with Gasteiger partial charge in [-0.2, -0.15) is 0 Å². The number of alkyl halides is 3. The molecule has 0 amide bonds. The topological polar surface area (TPSA) is 48.0 Å². The molecular formula is C32H38F5NO4. The van der Waals surface area contributed by atoms with E-state index in [1.807, 2.05) is 36.1 Å². The van der Waals surface area contributed by atoms with E-state index in [9.17, 15) is 18.0 Å². The minimum atomic E-state index is -3.18. The number of hydrogen-bond acceptors (Lipinski definition) is 5. The number of ether oxygens (including phenoxy) is 3. The first-order valence-corrected chi connectivity index (χ1v) is 14.3. The van der Waals surface area contributed by atoms with E-state index in [0.717, 1.165) is 34.4 Å². The number of rotatable bonds is 13. The van der Waals surface area contributed by atoms with Gasteiger partial charge in [-0.1, -0.05) is 24.3 Å². The summed E-state index contributed by atoms with van der Waals surface area (Å²) in [6, 6.07) is 8.82. The highest BCUT2D eigenvalue weighted by atomic mass is 19.3. The SMILES string of the molecule is CCOC(=O)COCCC(F)(F)CCOc1cc(F)c([C@@H]2C3=C(C[C@@H](C)N2CC(C)(C)F)c2ccccc2C3)c(F)c1. The maximum absolute atomic E-state index is 15.7. The summed E-state index contributed by atoms with van der Waals surface area (Å²) in [5.74, 6) is -5.79. The molecule has 1 aliphatic heterocycles. The van der Waals surface area contributed by atoms with Gasteiger partial charge in [0.2, 0.25) is 0 Å². The quantitative estimate of drug-likeness (QED) is 0.139. The van der Waals surface area contributed by atoms with Crippen LogP contribution in [-0.4, -0.2) is 61.5 Å². The van der Waals surface area contributed by atoms with Crippen LogP contribution in [0.5, 0.6) is 5.75 Å². The molecule has 2 atom stereocenters. The van der Waals surface area contributed by atoms with Crippen LogP contribution < -0.4 is 4.74 Å². The molecule has 10 heteroatoms. The van der Waals surface area contributed by atoms with Crippen molar-refractivity contribution in [1.29, 1.82) is 0 Å². The predicted molar refractivity (Wildman–Crippen MR) is 149 cm³/mol. The third-order valence-corrected chi connectivity index (χ3v) is 7.60. The lowest BCUT2D eigenvalue weighted by molar-refractivity contribution is -0.149. The Morgan fingerprint density at radius 2 is 1.71 bits per heavy atom. The van der Waals surface area contributed by atoms with Crippen LogP contribution in [0.1, 0.15) is 69.7 Å². The molecule has 5 nitrogen and oxygen atoms in total. The molecule has 2 aliphatic rings. The number of hydrogen-bond donors (Lipinski definition) is 0. The van der Waals surface area contributed by atoms with E-state index < -0.39 is 61.3 Å². The van der Waals surface area contributed by atoms with Crippen molar-refractivity contribution < 1.29 is 41.0 Å². The smallest absolute Gasteiger partial charge is 0.332 e. The lowest BCUT2D eigenvalue weighted by atomic mass is 9.84. The summed E-state index contributed by atoms with van der Waals surface area (Å²) in [6.07, 6.45) is -0.236. The van der Waals surface area contributed by atoms with Crippen molar-refractivity contribution >= 4 is 11.5 Å². The first kappa shape index (κ1) is 31.9. The van der Waals surface area contributed by atoms with Crippen molar-refractivity contribution in [2.75, 3.05) is 33.0 Å². The van der Waals surface area contributed by atoms with Crippen LogP contribution >= 0.6 is 0 Å². The number of benzene rings is 2. The maximum Gasteiger partial charge on any atom is 0.332 e. The Kier molecular flexibility index (Phi) is 9.98. The fourth-order valence-electron chi connectivity index (χ4n) is 5.77. The first-order chi connectivity index (χ1) is 19.8. The summed E-state index contributed by atoms with van der Waals surface area (Å²) in [5, 5.41) is 0. The molecule has 2 aromatic carbocycles. The van der Waals surface area contributed by atoms with Crippen molar-refractivity contribution in [3.05, 3.63) is 70.3 Å². The maximum atomic E-state index is 15.7. The second kappa shape index (κ2) is 13.1. The largest absolute Gasteiger partial charge is 0.493 e. The van der Waals surface area contributed by atoms with E-state index in [-0.39, 0.29) is 37.1 Å². The van der Waals surface area contributed by atoms with E-state index in [1.165, 1.54) is 13.8 Å². The molecule has 0 saturated heterocycles. The monoisotopic (exact) mass is 595 g/mol. The van der Waals surface area contributed by atoms with Gasteiger partial charge in [0.15, 0.2) is 0 Å². The van der Waals surface area contributed by atoms with Crippen LogP contribution in [0.3, 0.4) is 0 Å². The van der Waals surface area contributed by atoms with E-state index in [2.05, 4.69) is 4.74 Å². The number of halogens is 5. The third-order valence-electron chi connectivity index (χ3n) is 7.60. The zero-order valence-electron chi connectivity index (χ0n) is 24.5. The van der Waals surface area contributed by atoms with E-state index in [1.54, 1.807) is 6.92 Å². The van der Waals surface area contributed by atoms with Crippen molar-refractivity contribution in [2.45, 2.75) is 77.1 Å². The van der Waals surface area contributed by atoms with Crippen LogP contribution in [-0.2, 0) is 20.7 Å². The van der Waals surface area contributed by atoms with E-state index in [4.69, 9.17) is 9.47 Å². The molecule has 230 valence electrons. The van der Waals surface area contributed by atoms with E-state index >= 15 is 8.78 Å². The molecule has 4 rings (SSSR count). The molecule has 0 N–H and O–H groups in total. The van der Waals surface area contributed by atoms with Gasteiger partial charge >= 0.3 is 5.97 Å². The number of carbonyl (C=O) groups is 1. The first-order valence-electron chi connectivity index (χ1n) is 14.3. The zero-order valence-corrected chi connectivity index (χ0v) is 24.5. The summed E-state index contributed by atoms with van der Waals surface area (Å²) >= 11 is 0. The molecule has 0 aromatic heterocycles. The minimum Gasteiger partial charge on any atom is -0.493 e. The molecule has 0 fully saturated rings. The molecular weight excluding hydrogens is 557 g/mol. The van der Waals surface area contributed by atoms with Crippen LogP contribution in [0.2, 0.25) is 0 Å². The lowest BCUT2D eigenvalue weighted by Gasteiger charge is -2.44. The number of carbonyl (C=O) groups excluding carboxylic acids is 1. The molecule has 0 unspecified atom stereocenters. The number of nitrogens with zero attached hydrogens (tertiary/aromatic N) is 1. The Morgan fingerprint density at radius 1 is 1.05 bits per heavy atom. The van der Waals surface area contributed by atoms with Crippen LogP contribution in [0.4, 0.5) is 22.0 Å². The average molecular weight is 596 g/mol. The fourth-order valence-corrected chi connectivity index (χ4v) is 5.77. The van der Waals surface area contributed by atoms with Gasteiger partial charge in [0, 0.05) is 43.1 Å². The molecule has 0 radical (unpaired) electrons. The number of fused-ring (bicyclic) bond motifs is 2. The van der Waals surface area contributed by atoms with Crippen LogP contribution in [0, 0.1) is 11.6 Å². The van der Waals surface area contributed by atoms with Gasteiger partial charge in [-0.3, -0.25) is 4.90 Å². The summed E-state index contributed by atoms with van der Waals surface area (Å²) in [5.41, 5.74) is 2.17. The Balaban J connectivity index is 1.49.